The normalized spacial score (nSPS) is 17.2. The largest absolute Gasteiger partial charge is 0.389 e. The van der Waals surface area contributed by atoms with Gasteiger partial charge in [-0.05, 0) is 65.5 Å². The minimum Gasteiger partial charge on any atom is -0.389 e. The average molecular weight is 474 g/mol. The number of likely N-dealkylation sites (tertiary alicyclic amines) is 1. The maximum absolute atomic E-state index is 13.4. The number of aliphatic hydroxyl groups is 1. The minimum absolute atomic E-state index is 0.0871. The Balaban J connectivity index is 1.99. The van der Waals surface area contributed by atoms with Crippen LogP contribution in [0.25, 0.3) is 10.4 Å². The van der Waals surface area contributed by atoms with Gasteiger partial charge in [0.1, 0.15) is 11.5 Å². The summed E-state index contributed by atoms with van der Waals surface area (Å²) < 4.78 is 0. The third kappa shape index (κ3) is 6.09. The SMILES string of the molecule is CC[C@H](C)Nc1cc(C)c(-c2sc(C(=O)NCC(C)(C)O)nc2C(=O)N2CCC[C@@H]2C)cn1. The Hall–Kier alpha value is -2.52. The van der Waals surface area contributed by atoms with Crippen molar-refractivity contribution in [3.8, 4) is 10.4 Å². The highest BCUT2D eigenvalue weighted by Gasteiger charge is 2.32. The zero-order chi connectivity index (χ0) is 24.3. The predicted molar refractivity (Wildman–Crippen MR) is 132 cm³/mol. The van der Waals surface area contributed by atoms with E-state index in [4.69, 9.17) is 0 Å². The maximum atomic E-state index is 13.4. The fourth-order valence-corrected chi connectivity index (χ4v) is 4.76. The molecule has 0 aromatic carbocycles. The Morgan fingerprint density at radius 3 is 2.70 bits per heavy atom. The third-order valence-electron chi connectivity index (χ3n) is 5.88. The molecule has 3 heterocycles. The standard InChI is InChI=1S/C24H35N5O3S/c1-7-15(3)27-18-11-14(2)17(12-25-18)20-19(23(31)29-10-8-9-16(29)4)28-22(33-20)21(30)26-13-24(5,6)32/h11-12,15-16,32H,7-10,13H2,1-6H3,(H,25,27)(H,26,30)/t15-,16-/m0/s1. The molecule has 0 radical (unpaired) electrons. The second-order valence-electron chi connectivity index (χ2n) is 9.52. The monoisotopic (exact) mass is 473 g/mol. The fourth-order valence-electron chi connectivity index (χ4n) is 3.72. The van der Waals surface area contributed by atoms with Crippen LogP contribution in [-0.4, -0.2) is 62.6 Å². The van der Waals surface area contributed by atoms with Gasteiger partial charge < -0.3 is 20.6 Å². The lowest BCUT2D eigenvalue weighted by Crippen LogP contribution is -2.38. The molecule has 1 saturated heterocycles. The van der Waals surface area contributed by atoms with E-state index in [1.807, 2.05) is 24.8 Å². The van der Waals surface area contributed by atoms with Crippen LogP contribution in [0.5, 0.6) is 0 Å². The Kier molecular flexibility index (Phi) is 7.74. The number of carbonyl (C=O) groups excluding carboxylic acids is 2. The number of hydrogen-bond donors (Lipinski definition) is 3. The van der Waals surface area contributed by atoms with E-state index >= 15 is 0 Å². The van der Waals surface area contributed by atoms with E-state index in [1.54, 1.807) is 20.0 Å². The van der Waals surface area contributed by atoms with Crippen molar-refractivity contribution < 1.29 is 14.7 Å². The van der Waals surface area contributed by atoms with Crippen LogP contribution in [0.4, 0.5) is 5.82 Å². The number of aromatic nitrogens is 2. The number of hydrogen-bond acceptors (Lipinski definition) is 7. The van der Waals surface area contributed by atoms with Crippen molar-refractivity contribution in [2.45, 2.75) is 78.5 Å². The Labute approximate surface area is 199 Å². The molecule has 0 bridgehead atoms. The number of thiazole rings is 1. The lowest BCUT2D eigenvalue weighted by Gasteiger charge is -2.21. The molecule has 0 unspecified atom stereocenters. The van der Waals surface area contributed by atoms with Crippen molar-refractivity contribution in [2.24, 2.45) is 0 Å². The summed E-state index contributed by atoms with van der Waals surface area (Å²) in [6.07, 6.45) is 4.64. The molecular formula is C24H35N5O3S. The summed E-state index contributed by atoms with van der Waals surface area (Å²) in [5, 5.41) is 16.2. The zero-order valence-corrected chi connectivity index (χ0v) is 21.2. The number of nitrogens with one attached hydrogen (secondary N) is 2. The van der Waals surface area contributed by atoms with Crippen molar-refractivity contribution in [1.82, 2.24) is 20.2 Å². The predicted octanol–water partition coefficient (Wildman–Crippen LogP) is 3.85. The molecule has 1 aliphatic rings. The molecule has 1 aliphatic heterocycles. The molecule has 1 fully saturated rings. The summed E-state index contributed by atoms with van der Waals surface area (Å²) in [4.78, 5) is 37.7. The second-order valence-corrected chi connectivity index (χ2v) is 10.5. The van der Waals surface area contributed by atoms with Gasteiger partial charge in [-0.15, -0.1) is 11.3 Å². The lowest BCUT2D eigenvalue weighted by atomic mass is 10.1. The summed E-state index contributed by atoms with van der Waals surface area (Å²) in [6.45, 7) is 12.2. The molecule has 180 valence electrons. The zero-order valence-electron chi connectivity index (χ0n) is 20.4. The summed E-state index contributed by atoms with van der Waals surface area (Å²) in [7, 11) is 0. The molecule has 0 aliphatic carbocycles. The van der Waals surface area contributed by atoms with Crippen LogP contribution in [0, 0.1) is 6.92 Å². The number of pyridine rings is 1. The smallest absolute Gasteiger partial charge is 0.280 e. The molecule has 2 aromatic rings. The highest BCUT2D eigenvalue weighted by molar-refractivity contribution is 7.17. The Morgan fingerprint density at radius 2 is 2.12 bits per heavy atom. The van der Waals surface area contributed by atoms with Crippen LogP contribution in [0.1, 0.15) is 79.7 Å². The lowest BCUT2D eigenvalue weighted by molar-refractivity contribution is 0.0692. The molecule has 8 nitrogen and oxygen atoms in total. The number of carbonyl (C=O) groups is 2. The summed E-state index contributed by atoms with van der Waals surface area (Å²) in [5.74, 6) is 0.214. The number of anilines is 1. The van der Waals surface area contributed by atoms with Crippen LogP contribution in [0.2, 0.25) is 0 Å². The molecule has 2 atom stereocenters. The van der Waals surface area contributed by atoms with Crippen molar-refractivity contribution in [2.75, 3.05) is 18.4 Å². The topological polar surface area (TPSA) is 107 Å². The van der Waals surface area contributed by atoms with E-state index in [0.29, 0.717) is 17.5 Å². The van der Waals surface area contributed by atoms with Crippen molar-refractivity contribution in [1.29, 1.82) is 0 Å². The van der Waals surface area contributed by atoms with Gasteiger partial charge in [0.15, 0.2) is 5.01 Å². The van der Waals surface area contributed by atoms with Gasteiger partial charge in [0.25, 0.3) is 11.8 Å². The van der Waals surface area contributed by atoms with E-state index in [9.17, 15) is 14.7 Å². The van der Waals surface area contributed by atoms with Crippen molar-refractivity contribution in [3.05, 3.63) is 28.5 Å². The van der Waals surface area contributed by atoms with E-state index in [2.05, 4.69) is 34.4 Å². The second kappa shape index (κ2) is 10.2. The number of nitrogens with zero attached hydrogens (tertiary/aromatic N) is 3. The number of rotatable bonds is 8. The van der Waals surface area contributed by atoms with Crippen LogP contribution >= 0.6 is 11.3 Å². The van der Waals surface area contributed by atoms with Gasteiger partial charge in [0.05, 0.1) is 10.5 Å². The first-order valence-corrected chi connectivity index (χ1v) is 12.4. The van der Waals surface area contributed by atoms with Gasteiger partial charge >= 0.3 is 0 Å². The van der Waals surface area contributed by atoms with Crippen LogP contribution in [0.3, 0.4) is 0 Å². The molecular weight excluding hydrogens is 438 g/mol. The van der Waals surface area contributed by atoms with Gasteiger partial charge in [-0.2, -0.15) is 0 Å². The van der Waals surface area contributed by atoms with E-state index in [-0.39, 0.29) is 29.2 Å². The average Bonchev–Trinajstić information content (AvgIpc) is 3.37. The number of amides is 2. The van der Waals surface area contributed by atoms with E-state index in [0.717, 1.165) is 36.2 Å². The minimum atomic E-state index is -1.04. The first kappa shape index (κ1) is 25.1. The van der Waals surface area contributed by atoms with Crippen LogP contribution in [0.15, 0.2) is 12.3 Å². The van der Waals surface area contributed by atoms with E-state index < -0.39 is 11.5 Å². The van der Waals surface area contributed by atoms with Gasteiger partial charge in [-0.3, -0.25) is 9.59 Å². The highest BCUT2D eigenvalue weighted by atomic mass is 32.1. The van der Waals surface area contributed by atoms with Crippen molar-refractivity contribution in [3.63, 3.8) is 0 Å². The van der Waals surface area contributed by atoms with Gasteiger partial charge in [-0.25, -0.2) is 9.97 Å². The molecule has 2 amide bonds. The van der Waals surface area contributed by atoms with Crippen molar-refractivity contribution >= 4 is 29.0 Å². The quantitative estimate of drug-likeness (QED) is 0.538. The number of aryl methyl sites for hydroxylation is 1. The Morgan fingerprint density at radius 1 is 1.39 bits per heavy atom. The first-order chi connectivity index (χ1) is 15.5. The van der Waals surface area contributed by atoms with Crippen LogP contribution < -0.4 is 10.6 Å². The maximum Gasteiger partial charge on any atom is 0.280 e. The molecule has 9 heteroatoms. The molecule has 0 spiro atoms. The van der Waals surface area contributed by atoms with Gasteiger partial charge in [0.2, 0.25) is 0 Å². The summed E-state index contributed by atoms with van der Waals surface area (Å²) >= 11 is 1.19. The molecule has 3 N–H and O–H groups in total. The summed E-state index contributed by atoms with van der Waals surface area (Å²) in [6, 6.07) is 2.40. The third-order valence-corrected chi connectivity index (χ3v) is 6.97. The first-order valence-electron chi connectivity index (χ1n) is 11.6. The highest BCUT2D eigenvalue weighted by Crippen LogP contribution is 2.35. The van der Waals surface area contributed by atoms with Gasteiger partial charge in [0, 0.05) is 36.9 Å². The van der Waals surface area contributed by atoms with Gasteiger partial charge in [-0.1, -0.05) is 6.92 Å². The summed E-state index contributed by atoms with van der Waals surface area (Å²) in [5.41, 5.74) is 0.985. The van der Waals surface area contributed by atoms with Crippen LogP contribution in [-0.2, 0) is 0 Å². The molecule has 3 rings (SSSR count). The Bertz CT molecular complexity index is 1010. The molecule has 2 aromatic heterocycles. The molecule has 33 heavy (non-hydrogen) atoms. The fraction of sp³-hybridized carbons (Fsp3) is 0.583. The molecule has 0 saturated carbocycles. The van der Waals surface area contributed by atoms with E-state index in [1.165, 1.54) is 11.3 Å².